The quantitative estimate of drug-likeness (QED) is 0.753. The molecule has 0 aliphatic heterocycles. The Hall–Kier alpha value is -2.53. The molecular weight excluding hydrogens is 343 g/mol. The second kappa shape index (κ2) is 6.76. The molecule has 130 valence electrons. The van der Waals surface area contributed by atoms with Crippen molar-refractivity contribution in [1.82, 2.24) is 9.13 Å². The first kappa shape index (κ1) is 17.3. The van der Waals surface area contributed by atoms with Crippen molar-refractivity contribution in [2.45, 2.75) is 26.3 Å². The molecule has 1 heterocycles. The van der Waals surface area contributed by atoms with Gasteiger partial charge in [-0.1, -0.05) is 55.8 Å². The normalized spacial score (nSPS) is 11.2. The summed E-state index contributed by atoms with van der Waals surface area (Å²) in [6, 6.07) is 13.2. The smallest absolute Gasteiger partial charge is 0.336 e. The van der Waals surface area contributed by atoms with Gasteiger partial charge in [0.25, 0.3) is 0 Å². The van der Waals surface area contributed by atoms with E-state index in [0.717, 1.165) is 16.2 Å². The molecule has 0 atom stereocenters. The van der Waals surface area contributed by atoms with Crippen LogP contribution in [0.4, 0.5) is 4.39 Å². The molecule has 4 nitrogen and oxygen atoms in total. The van der Waals surface area contributed by atoms with Crippen LogP contribution < -0.4 is 5.69 Å². The van der Waals surface area contributed by atoms with Gasteiger partial charge in [-0.15, -0.1) is 0 Å². The van der Waals surface area contributed by atoms with E-state index in [2.05, 4.69) is 0 Å². The average molecular weight is 361 g/mol. The third-order valence-electron chi connectivity index (χ3n) is 4.03. The average Bonchev–Trinajstić information content (AvgIpc) is 2.81. The van der Waals surface area contributed by atoms with Crippen LogP contribution in [0, 0.1) is 5.82 Å². The number of aromatic nitrogens is 2. The van der Waals surface area contributed by atoms with E-state index in [0.29, 0.717) is 12.2 Å². The van der Waals surface area contributed by atoms with Crippen LogP contribution in [0.5, 0.6) is 5.88 Å². The van der Waals surface area contributed by atoms with Crippen molar-refractivity contribution in [3.05, 3.63) is 81.1 Å². The second-order valence-electron chi connectivity index (χ2n) is 6.15. The molecular formula is C19H18ClFN2O2. The van der Waals surface area contributed by atoms with Crippen LogP contribution in [0.15, 0.2) is 53.3 Å². The first-order valence-electron chi connectivity index (χ1n) is 7.94. The lowest BCUT2D eigenvalue weighted by Crippen LogP contribution is -2.25. The minimum absolute atomic E-state index is 0.106. The molecule has 0 saturated heterocycles. The maximum atomic E-state index is 13.6. The highest BCUT2D eigenvalue weighted by Crippen LogP contribution is 2.30. The van der Waals surface area contributed by atoms with Gasteiger partial charge in [-0.05, 0) is 29.7 Å². The lowest BCUT2D eigenvalue weighted by Gasteiger charge is -2.10. The first-order valence-corrected chi connectivity index (χ1v) is 8.31. The molecule has 2 aromatic carbocycles. The third kappa shape index (κ3) is 3.20. The zero-order valence-electron chi connectivity index (χ0n) is 13.9. The van der Waals surface area contributed by atoms with Gasteiger partial charge in [0.2, 0.25) is 5.88 Å². The summed E-state index contributed by atoms with van der Waals surface area (Å²) >= 11 is 6.13. The van der Waals surface area contributed by atoms with Gasteiger partial charge in [0.1, 0.15) is 5.82 Å². The van der Waals surface area contributed by atoms with Crippen molar-refractivity contribution in [3.8, 4) is 11.6 Å². The van der Waals surface area contributed by atoms with Crippen LogP contribution in [0.1, 0.15) is 31.0 Å². The standard InChI is InChI=1S/C19H18ClFN2O2/c1-12(2)17-18(24)23(16-10-14(21)8-9-15(16)20)19(25)22(17)11-13-6-4-3-5-7-13/h3-10,12,24H,11H2,1-2H3. The monoisotopic (exact) mass is 360 g/mol. The van der Waals surface area contributed by atoms with Gasteiger partial charge in [0, 0.05) is 0 Å². The summed E-state index contributed by atoms with van der Waals surface area (Å²) in [5.41, 5.74) is 1.07. The van der Waals surface area contributed by atoms with E-state index in [-0.39, 0.29) is 22.5 Å². The van der Waals surface area contributed by atoms with Gasteiger partial charge in [0.05, 0.1) is 22.9 Å². The second-order valence-corrected chi connectivity index (χ2v) is 6.56. The molecule has 25 heavy (non-hydrogen) atoms. The summed E-state index contributed by atoms with van der Waals surface area (Å²) in [6.45, 7) is 4.07. The van der Waals surface area contributed by atoms with Crippen LogP contribution in [0.25, 0.3) is 5.69 Å². The van der Waals surface area contributed by atoms with Crippen molar-refractivity contribution in [1.29, 1.82) is 0 Å². The number of nitrogens with zero attached hydrogens (tertiary/aromatic N) is 2. The van der Waals surface area contributed by atoms with Crippen molar-refractivity contribution in [3.63, 3.8) is 0 Å². The number of imidazole rings is 1. The number of hydrogen-bond acceptors (Lipinski definition) is 2. The van der Waals surface area contributed by atoms with Gasteiger partial charge in [-0.3, -0.25) is 4.57 Å². The largest absolute Gasteiger partial charge is 0.493 e. The van der Waals surface area contributed by atoms with E-state index < -0.39 is 11.5 Å². The Morgan fingerprint density at radius 1 is 1.16 bits per heavy atom. The predicted molar refractivity (Wildman–Crippen MR) is 96.3 cm³/mol. The molecule has 6 heteroatoms. The molecule has 0 aliphatic carbocycles. The summed E-state index contributed by atoms with van der Waals surface area (Å²) in [5.74, 6) is -0.860. The van der Waals surface area contributed by atoms with E-state index in [9.17, 15) is 14.3 Å². The Balaban J connectivity index is 2.23. The molecule has 0 saturated carbocycles. The molecule has 0 amide bonds. The zero-order valence-corrected chi connectivity index (χ0v) is 14.7. The summed E-state index contributed by atoms with van der Waals surface area (Å²) < 4.78 is 16.2. The fourth-order valence-corrected chi connectivity index (χ4v) is 3.11. The highest BCUT2D eigenvalue weighted by atomic mass is 35.5. The number of aromatic hydroxyl groups is 1. The summed E-state index contributed by atoms with van der Waals surface area (Å²) in [6.07, 6.45) is 0. The number of hydrogen-bond donors (Lipinski definition) is 1. The van der Waals surface area contributed by atoms with Gasteiger partial charge in [0.15, 0.2) is 0 Å². The van der Waals surface area contributed by atoms with Crippen LogP contribution in [-0.2, 0) is 6.54 Å². The Kier molecular flexibility index (Phi) is 4.68. The van der Waals surface area contributed by atoms with Gasteiger partial charge in [-0.2, -0.15) is 0 Å². The molecule has 0 radical (unpaired) electrons. The fraction of sp³-hybridized carbons (Fsp3) is 0.211. The Labute approximate surface area is 149 Å². The Morgan fingerprint density at radius 3 is 2.48 bits per heavy atom. The van der Waals surface area contributed by atoms with E-state index in [1.807, 2.05) is 44.2 Å². The highest BCUT2D eigenvalue weighted by molar-refractivity contribution is 6.32. The van der Waals surface area contributed by atoms with E-state index >= 15 is 0 Å². The molecule has 0 unspecified atom stereocenters. The highest BCUT2D eigenvalue weighted by Gasteiger charge is 2.24. The van der Waals surface area contributed by atoms with Crippen LogP contribution in [0.2, 0.25) is 5.02 Å². The molecule has 0 fully saturated rings. The first-order chi connectivity index (χ1) is 11.9. The number of halogens is 2. The van der Waals surface area contributed by atoms with E-state index in [4.69, 9.17) is 11.6 Å². The van der Waals surface area contributed by atoms with E-state index in [1.165, 1.54) is 16.7 Å². The molecule has 3 aromatic rings. The summed E-state index contributed by atoms with van der Waals surface area (Å²) in [7, 11) is 0. The molecule has 0 spiro atoms. The van der Waals surface area contributed by atoms with Gasteiger partial charge < -0.3 is 5.11 Å². The maximum Gasteiger partial charge on any atom is 0.336 e. The fourth-order valence-electron chi connectivity index (χ4n) is 2.91. The molecule has 1 aromatic heterocycles. The number of rotatable bonds is 4. The molecule has 3 rings (SSSR count). The van der Waals surface area contributed by atoms with Gasteiger partial charge >= 0.3 is 5.69 Å². The topological polar surface area (TPSA) is 47.2 Å². The SMILES string of the molecule is CC(C)c1c(O)n(-c2cc(F)ccc2Cl)c(=O)n1Cc1ccccc1. The van der Waals surface area contributed by atoms with Crippen molar-refractivity contribution >= 4 is 11.6 Å². The third-order valence-corrected chi connectivity index (χ3v) is 4.35. The zero-order chi connectivity index (χ0) is 18.1. The lowest BCUT2D eigenvalue weighted by molar-refractivity contribution is 0.430. The maximum absolute atomic E-state index is 13.6. The van der Waals surface area contributed by atoms with E-state index in [1.54, 1.807) is 0 Å². The molecule has 0 aliphatic rings. The summed E-state index contributed by atoms with van der Waals surface area (Å²) in [4.78, 5) is 13.0. The minimum Gasteiger partial charge on any atom is -0.493 e. The van der Waals surface area contributed by atoms with Gasteiger partial charge in [-0.25, -0.2) is 13.8 Å². The Morgan fingerprint density at radius 2 is 1.84 bits per heavy atom. The number of benzene rings is 2. The van der Waals surface area contributed by atoms with Crippen LogP contribution in [-0.4, -0.2) is 14.2 Å². The van der Waals surface area contributed by atoms with Crippen LogP contribution in [0.3, 0.4) is 0 Å². The minimum atomic E-state index is -0.535. The van der Waals surface area contributed by atoms with Crippen LogP contribution >= 0.6 is 11.6 Å². The molecule has 0 bridgehead atoms. The Bertz CT molecular complexity index is 962. The van der Waals surface area contributed by atoms with Crippen molar-refractivity contribution < 1.29 is 9.50 Å². The molecule has 1 N–H and O–H groups in total. The lowest BCUT2D eigenvalue weighted by atomic mass is 10.1. The van der Waals surface area contributed by atoms with Crippen molar-refractivity contribution in [2.24, 2.45) is 0 Å². The predicted octanol–water partition coefficient (Wildman–Crippen LogP) is 4.31. The van der Waals surface area contributed by atoms with Crippen molar-refractivity contribution in [2.75, 3.05) is 0 Å². The summed E-state index contributed by atoms with van der Waals surface area (Å²) in [5, 5.41) is 10.9.